The Hall–Kier alpha value is -3.30. The molecule has 9 nitrogen and oxygen atoms in total. The van der Waals surface area contributed by atoms with E-state index in [1.54, 1.807) is 20.8 Å². The summed E-state index contributed by atoms with van der Waals surface area (Å²) in [5, 5.41) is 47.5. The smallest absolute Gasteiger partial charge is 0.309 e. The highest BCUT2D eigenvalue weighted by atomic mass is 16.7. The van der Waals surface area contributed by atoms with E-state index < -0.39 is 35.8 Å². The van der Waals surface area contributed by atoms with Crippen LogP contribution in [0.3, 0.4) is 0 Å². The summed E-state index contributed by atoms with van der Waals surface area (Å²) >= 11 is 0. The zero-order valence-corrected chi connectivity index (χ0v) is 17.1. The van der Waals surface area contributed by atoms with Gasteiger partial charge in [0.2, 0.25) is 0 Å². The zero-order valence-electron chi connectivity index (χ0n) is 17.1. The van der Waals surface area contributed by atoms with Crippen molar-refractivity contribution in [2.24, 2.45) is 16.9 Å². The van der Waals surface area contributed by atoms with Crippen LogP contribution in [0.25, 0.3) is 16.3 Å². The Morgan fingerprint density at radius 3 is 2.55 bits per heavy atom. The van der Waals surface area contributed by atoms with Crippen LogP contribution in [0.15, 0.2) is 28.9 Å². The topological polar surface area (TPSA) is 158 Å². The number of rotatable bonds is 2. The molecule has 0 saturated carbocycles. The third-order valence-electron chi connectivity index (χ3n) is 6.40. The van der Waals surface area contributed by atoms with Gasteiger partial charge in [-0.2, -0.15) is 5.10 Å². The number of carbonyl (C=O) groups excluding carboxylic acids is 1. The summed E-state index contributed by atoms with van der Waals surface area (Å²) in [6.45, 7) is 5.09. The van der Waals surface area contributed by atoms with E-state index in [1.807, 2.05) is 0 Å². The van der Waals surface area contributed by atoms with E-state index in [1.165, 1.54) is 18.2 Å². The van der Waals surface area contributed by atoms with Crippen molar-refractivity contribution in [3.63, 3.8) is 0 Å². The number of carbonyl (C=O) groups is 1. The SMILES string of the molecule is CC(C)C(=O)OC1C2=C(c3c(c(O)c4c(O)cccc4c3O)C2=NN)C(O)C2OC12C. The van der Waals surface area contributed by atoms with E-state index in [4.69, 9.17) is 15.3 Å². The minimum Gasteiger partial charge on any atom is -0.507 e. The van der Waals surface area contributed by atoms with Gasteiger partial charge in [0.05, 0.1) is 16.9 Å². The lowest BCUT2D eigenvalue weighted by atomic mass is 9.80. The summed E-state index contributed by atoms with van der Waals surface area (Å²) in [5.41, 5.74) is -0.250. The van der Waals surface area contributed by atoms with Crippen molar-refractivity contribution in [1.82, 2.24) is 0 Å². The van der Waals surface area contributed by atoms with Gasteiger partial charge in [-0.25, -0.2) is 0 Å². The number of esters is 1. The van der Waals surface area contributed by atoms with Gasteiger partial charge in [0.1, 0.15) is 40.8 Å². The minimum atomic E-state index is -1.17. The van der Waals surface area contributed by atoms with Gasteiger partial charge >= 0.3 is 5.97 Å². The fraction of sp³-hybridized carbons (Fsp3) is 0.364. The van der Waals surface area contributed by atoms with Crippen LogP contribution in [-0.2, 0) is 14.3 Å². The highest BCUT2D eigenvalue weighted by molar-refractivity contribution is 6.29. The Kier molecular flexibility index (Phi) is 3.88. The predicted molar refractivity (Wildman–Crippen MR) is 111 cm³/mol. The number of hydrogen-bond acceptors (Lipinski definition) is 9. The molecule has 2 aromatic carbocycles. The number of phenols is 3. The first-order valence-corrected chi connectivity index (χ1v) is 9.92. The average molecular weight is 426 g/mol. The summed E-state index contributed by atoms with van der Waals surface area (Å²) < 4.78 is 11.5. The van der Waals surface area contributed by atoms with Crippen LogP contribution in [0.5, 0.6) is 17.2 Å². The molecule has 4 unspecified atom stereocenters. The number of aliphatic hydroxyl groups is 1. The Balaban J connectivity index is 1.82. The second-order valence-electron chi connectivity index (χ2n) is 8.59. The molecule has 0 bridgehead atoms. The Labute approximate surface area is 177 Å². The highest BCUT2D eigenvalue weighted by Crippen LogP contribution is 2.60. The molecule has 162 valence electrons. The molecular weight excluding hydrogens is 404 g/mol. The van der Waals surface area contributed by atoms with Gasteiger partial charge in [0, 0.05) is 22.1 Å². The van der Waals surface area contributed by atoms with Gasteiger partial charge in [0.25, 0.3) is 0 Å². The third-order valence-corrected chi connectivity index (χ3v) is 6.40. The molecule has 5 rings (SSSR count). The number of nitrogens with two attached hydrogens (primary N) is 1. The largest absolute Gasteiger partial charge is 0.507 e. The van der Waals surface area contributed by atoms with E-state index in [0.717, 1.165) is 0 Å². The van der Waals surface area contributed by atoms with Gasteiger partial charge in [-0.3, -0.25) is 4.79 Å². The number of ether oxygens (including phenoxy) is 2. The Morgan fingerprint density at radius 2 is 1.90 bits per heavy atom. The molecular formula is C22H22N2O7. The van der Waals surface area contributed by atoms with Crippen LogP contribution < -0.4 is 5.84 Å². The molecule has 1 saturated heterocycles. The standard InChI is InChI=1S/C22H22N2O7/c1-7(2)21(29)30-19-14-12(18(28)20-22(19,3)31-20)11-13(15(14)24-23)17(27)10-8(16(11)26)5-4-6-9(10)25/h4-7,18-20,25-28H,23H2,1-3H3. The summed E-state index contributed by atoms with van der Waals surface area (Å²) in [5.74, 6) is 3.95. The molecule has 0 radical (unpaired) electrons. The first-order valence-electron chi connectivity index (χ1n) is 9.92. The van der Waals surface area contributed by atoms with Crippen LogP contribution in [0.4, 0.5) is 0 Å². The summed E-state index contributed by atoms with van der Waals surface area (Å²) in [6.07, 6.45) is -2.81. The fourth-order valence-electron chi connectivity index (χ4n) is 4.77. The molecule has 2 aliphatic carbocycles. The molecule has 1 fully saturated rings. The maximum Gasteiger partial charge on any atom is 0.309 e. The number of benzene rings is 2. The van der Waals surface area contributed by atoms with Crippen molar-refractivity contribution < 1.29 is 34.7 Å². The number of nitrogens with zero attached hydrogens (tertiary/aromatic N) is 1. The first kappa shape index (κ1) is 19.7. The minimum absolute atomic E-state index is 0.0255. The quantitative estimate of drug-likeness (QED) is 0.159. The number of aliphatic hydroxyl groups excluding tert-OH is 1. The molecule has 2 aromatic rings. The second-order valence-corrected chi connectivity index (χ2v) is 8.59. The molecule has 3 aliphatic rings. The van der Waals surface area contributed by atoms with Crippen LogP contribution in [0.1, 0.15) is 31.9 Å². The first-order chi connectivity index (χ1) is 14.6. The molecule has 4 atom stereocenters. The van der Waals surface area contributed by atoms with E-state index in [2.05, 4.69) is 5.10 Å². The van der Waals surface area contributed by atoms with E-state index in [9.17, 15) is 25.2 Å². The van der Waals surface area contributed by atoms with Crippen LogP contribution in [-0.4, -0.2) is 56.0 Å². The Morgan fingerprint density at radius 1 is 1.19 bits per heavy atom. The number of fused-ring (bicyclic) bond motifs is 4. The number of hydrogen-bond donors (Lipinski definition) is 5. The lowest BCUT2D eigenvalue weighted by Crippen LogP contribution is -2.44. The molecule has 31 heavy (non-hydrogen) atoms. The van der Waals surface area contributed by atoms with Crippen LogP contribution in [0, 0.1) is 5.92 Å². The fourth-order valence-corrected chi connectivity index (χ4v) is 4.77. The monoisotopic (exact) mass is 426 g/mol. The number of phenolic OH excluding ortho intramolecular Hbond substituents is 3. The summed E-state index contributed by atoms with van der Waals surface area (Å²) in [6, 6.07) is 4.43. The molecule has 0 spiro atoms. The molecule has 1 aliphatic heterocycles. The maximum atomic E-state index is 12.5. The average Bonchev–Trinajstić information content (AvgIpc) is 3.30. The number of hydrazone groups is 1. The molecule has 9 heteroatoms. The van der Waals surface area contributed by atoms with E-state index >= 15 is 0 Å². The molecule has 0 amide bonds. The van der Waals surface area contributed by atoms with E-state index in [-0.39, 0.29) is 56.0 Å². The highest BCUT2D eigenvalue weighted by Gasteiger charge is 2.69. The van der Waals surface area contributed by atoms with Gasteiger partial charge in [-0.15, -0.1) is 0 Å². The maximum absolute atomic E-state index is 12.5. The van der Waals surface area contributed by atoms with Crippen molar-refractivity contribution in [2.75, 3.05) is 0 Å². The van der Waals surface area contributed by atoms with E-state index in [0.29, 0.717) is 0 Å². The van der Waals surface area contributed by atoms with Crippen molar-refractivity contribution in [2.45, 2.75) is 44.7 Å². The van der Waals surface area contributed by atoms with Gasteiger partial charge < -0.3 is 35.7 Å². The molecule has 1 heterocycles. The molecule has 0 aromatic heterocycles. The van der Waals surface area contributed by atoms with Gasteiger partial charge in [-0.05, 0) is 13.0 Å². The summed E-state index contributed by atoms with van der Waals surface area (Å²) in [7, 11) is 0. The second kappa shape index (κ2) is 6.12. The normalized spacial score (nSPS) is 29.8. The van der Waals surface area contributed by atoms with Crippen molar-refractivity contribution >= 4 is 28.0 Å². The van der Waals surface area contributed by atoms with Crippen molar-refractivity contribution in [1.29, 1.82) is 0 Å². The summed E-state index contributed by atoms with van der Waals surface area (Å²) in [4.78, 5) is 12.5. The van der Waals surface area contributed by atoms with Gasteiger partial charge in [-0.1, -0.05) is 26.0 Å². The van der Waals surface area contributed by atoms with Crippen LogP contribution in [0.2, 0.25) is 0 Å². The van der Waals surface area contributed by atoms with Gasteiger partial charge in [0.15, 0.2) is 6.10 Å². The van der Waals surface area contributed by atoms with Crippen molar-refractivity contribution in [3.05, 3.63) is 34.9 Å². The Bertz CT molecular complexity index is 1230. The lowest BCUT2D eigenvalue weighted by Gasteiger charge is -2.30. The predicted octanol–water partition coefficient (Wildman–Crippen LogP) is 1.49. The van der Waals surface area contributed by atoms with Crippen molar-refractivity contribution in [3.8, 4) is 17.2 Å². The third kappa shape index (κ3) is 2.33. The van der Waals surface area contributed by atoms with Crippen LogP contribution >= 0.6 is 0 Å². The number of epoxide rings is 1. The number of aromatic hydroxyl groups is 3. The zero-order chi connectivity index (χ0) is 22.4. The molecule has 6 N–H and O–H groups in total. The lowest BCUT2D eigenvalue weighted by molar-refractivity contribution is -0.153.